The highest BCUT2D eigenvalue weighted by atomic mass is 28.4. The molecule has 3 heteroatoms. The van der Waals surface area contributed by atoms with Crippen LogP contribution >= 0.6 is 0 Å². The van der Waals surface area contributed by atoms with E-state index in [9.17, 15) is 0 Å². The van der Waals surface area contributed by atoms with Gasteiger partial charge in [0.05, 0.1) is 6.61 Å². The summed E-state index contributed by atoms with van der Waals surface area (Å²) in [6.45, 7) is 13.7. The Balaban J connectivity index is 2.34. The largest absolute Gasteiger partial charge is 0.417 e. The summed E-state index contributed by atoms with van der Waals surface area (Å²) in [5.41, 5.74) is 1.51. The Bertz CT molecular complexity index is 387. The van der Waals surface area contributed by atoms with Crippen molar-refractivity contribution in [2.75, 3.05) is 19.8 Å². The third-order valence-corrected chi connectivity index (χ3v) is 5.93. The molecule has 0 aliphatic carbocycles. The minimum atomic E-state index is -1.60. The molecule has 0 amide bonds. The van der Waals surface area contributed by atoms with E-state index >= 15 is 0 Å². The highest BCUT2D eigenvalue weighted by Crippen LogP contribution is 2.22. The first-order chi connectivity index (χ1) is 9.85. The van der Waals surface area contributed by atoms with Crippen LogP contribution < -0.4 is 0 Å². The second-order valence-electron chi connectivity index (χ2n) is 7.25. The highest BCUT2D eigenvalue weighted by molar-refractivity contribution is 6.71. The molecule has 1 aromatic carbocycles. The zero-order valence-corrected chi connectivity index (χ0v) is 15.4. The van der Waals surface area contributed by atoms with Crippen molar-refractivity contribution < 1.29 is 9.16 Å². The lowest BCUT2D eigenvalue weighted by molar-refractivity contribution is 0.0328. The van der Waals surface area contributed by atoms with E-state index in [2.05, 4.69) is 64.2 Å². The Morgan fingerprint density at radius 3 is 2.33 bits per heavy atom. The van der Waals surface area contributed by atoms with E-state index in [0.717, 1.165) is 32.7 Å². The molecule has 1 rings (SSSR count). The van der Waals surface area contributed by atoms with Crippen molar-refractivity contribution in [1.29, 1.82) is 0 Å². The third-order valence-electron chi connectivity index (χ3n) is 3.55. The number of ether oxygens (including phenoxy) is 1. The lowest BCUT2D eigenvalue weighted by Gasteiger charge is -2.30. The average molecular weight is 309 g/mol. The fourth-order valence-electron chi connectivity index (χ4n) is 2.09. The van der Waals surface area contributed by atoms with Gasteiger partial charge in [-0.1, -0.05) is 51.1 Å². The van der Waals surface area contributed by atoms with E-state index in [1.54, 1.807) is 0 Å². The van der Waals surface area contributed by atoms with Gasteiger partial charge in [-0.05, 0) is 37.5 Å². The zero-order chi connectivity index (χ0) is 15.8. The molecule has 21 heavy (non-hydrogen) atoms. The van der Waals surface area contributed by atoms with Crippen molar-refractivity contribution in [1.82, 2.24) is 0 Å². The van der Waals surface area contributed by atoms with E-state index < -0.39 is 8.32 Å². The number of hydrogen-bond donors (Lipinski definition) is 0. The molecular weight excluding hydrogens is 276 g/mol. The fraction of sp³-hybridized carbons (Fsp3) is 0.667. The second kappa shape index (κ2) is 8.72. The Hall–Kier alpha value is -0.643. The normalized spacial score (nSPS) is 12.6. The molecule has 120 valence electrons. The fourth-order valence-corrected chi connectivity index (χ4v) is 3.90. The molecule has 1 aromatic rings. The van der Waals surface area contributed by atoms with Gasteiger partial charge in [-0.3, -0.25) is 0 Å². The van der Waals surface area contributed by atoms with Crippen molar-refractivity contribution in [2.45, 2.75) is 52.8 Å². The average Bonchev–Trinajstić information content (AvgIpc) is 2.45. The van der Waals surface area contributed by atoms with Crippen molar-refractivity contribution >= 4 is 8.32 Å². The van der Waals surface area contributed by atoms with Crippen LogP contribution in [0, 0.1) is 5.41 Å². The molecule has 0 spiro atoms. The van der Waals surface area contributed by atoms with E-state index in [4.69, 9.17) is 9.16 Å². The van der Waals surface area contributed by atoms with Gasteiger partial charge in [0.1, 0.15) is 0 Å². The smallest absolute Gasteiger partial charge is 0.187 e. The lowest BCUT2D eigenvalue weighted by Crippen LogP contribution is -2.37. The molecule has 0 radical (unpaired) electrons. The van der Waals surface area contributed by atoms with Crippen molar-refractivity contribution in [3.05, 3.63) is 35.9 Å². The van der Waals surface area contributed by atoms with E-state index in [1.807, 2.05) is 0 Å². The SMILES string of the molecule is CCCOCC(C)(C)CO[Si](C)(C)CCc1ccccc1. The maximum absolute atomic E-state index is 6.31. The highest BCUT2D eigenvalue weighted by Gasteiger charge is 2.27. The lowest BCUT2D eigenvalue weighted by atomic mass is 9.97. The Labute approximate surface area is 132 Å². The summed E-state index contributed by atoms with van der Waals surface area (Å²) < 4.78 is 12.0. The molecule has 0 fully saturated rings. The summed E-state index contributed by atoms with van der Waals surface area (Å²) in [6.07, 6.45) is 2.20. The number of rotatable bonds is 10. The van der Waals surface area contributed by atoms with Crippen molar-refractivity contribution in [3.8, 4) is 0 Å². The molecule has 0 saturated carbocycles. The van der Waals surface area contributed by atoms with Gasteiger partial charge >= 0.3 is 0 Å². The minimum absolute atomic E-state index is 0.103. The Morgan fingerprint density at radius 2 is 1.71 bits per heavy atom. The molecule has 2 nitrogen and oxygen atoms in total. The summed E-state index contributed by atoms with van der Waals surface area (Å²) >= 11 is 0. The maximum atomic E-state index is 6.31. The maximum Gasteiger partial charge on any atom is 0.187 e. The molecular formula is C18H32O2Si. The molecule has 0 aliphatic rings. The minimum Gasteiger partial charge on any atom is -0.417 e. The number of hydrogen-bond acceptors (Lipinski definition) is 2. The van der Waals surface area contributed by atoms with Gasteiger partial charge in [0, 0.05) is 18.6 Å². The first-order valence-electron chi connectivity index (χ1n) is 8.10. The van der Waals surface area contributed by atoms with Gasteiger partial charge in [0.2, 0.25) is 0 Å². The number of aryl methyl sites for hydroxylation is 1. The monoisotopic (exact) mass is 308 g/mol. The predicted molar refractivity (Wildman–Crippen MR) is 93.3 cm³/mol. The van der Waals surface area contributed by atoms with Gasteiger partial charge in [-0.2, -0.15) is 0 Å². The number of benzene rings is 1. The van der Waals surface area contributed by atoms with E-state index in [1.165, 1.54) is 11.6 Å². The first-order valence-corrected chi connectivity index (χ1v) is 11.2. The van der Waals surface area contributed by atoms with Gasteiger partial charge in [-0.15, -0.1) is 0 Å². The Morgan fingerprint density at radius 1 is 1.05 bits per heavy atom. The molecule has 0 unspecified atom stereocenters. The van der Waals surface area contributed by atoms with Crippen LogP contribution in [-0.2, 0) is 15.6 Å². The van der Waals surface area contributed by atoms with Crippen LogP contribution in [0.15, 0.2) is 30.3 Å². The zero-order valence-electron chi connectivity index (χ0n) is 14.4. The van der Waals surface area contributed by atoms with Crippen LogP contribution in [0.25, 0.3) is 0 Å². The quantitative estimate of drug-likeness (QED) is 0.452. The molecule has 0 heterocycles. The topological polar surface area (TPSA) is 18.5 Å². The summed E-state index contributed by atoms with van der Waals surface area (Å²) in [5, 5.41) is 0. The van der Waals surface area contributed by atoms with Crippen molar-refractivity contribution in [3.63, 3.8) is 0 Å². The summed E-state index contributed by atoms with van der Waals surface area (Å²) in [5.74, 6) is 0. The van der Waals surface area contributed by atoms with Gasteiger partial charge < -0.3 is 9.16 Å². The summed E-state index contributed by atoms with van der Waals surface area (Å²) in [7, 11) is -1.60. The van der Waals surface area contributed by atoms with Crippen LogP contribution in [0.2, 0.25) is 19.1 Å². The summed E-state index contributed by atoms with van der Waals surface area (Å²) in [6, 6.07) is 11.9. The van der Waals surface area contributed by atoms with Gasteiger partial charge in [-0.25, -0.2) is 0 Å². The van der Waals surface area contributed by atoms with Crippen LogP contribution in [0.1, 0.15) is 32.8 Å². The first kappa shape index (κ1) is 18.4. The molecule has 0 saturated heterocycles. The molecule has 0 aliphatic heterocycles. The third kappa shape index (κ3) is 8.39. The van der Waals surface area contributed by atoms with E-state index in [-0.39, 0.29) is 5.41 Å². The van der Waals surface area contributed by atoms with Crippen LogP contribution in [0.3, 0.4) is 0 Å². The molecule has 0 aromatic heterocycles. The molecule has 0 atom stereocenters. The van der Waals surface area contributed by atoms with E-state index in [0.29, 0.717) is 0 Å². The predicted octanol–water partition coefficient (Wildman–Crippen LogP) is 4.90. The Kier molecular flexibility index (Phi) is 7.64. The second-order valence-corrected chi connectivity index (χ2v) is 11.6. The standard InChI is InChI=1S/C18H32O2Si/c1-6-13-19-15-18(2,3)16-20-21(4,5)14-12-17-10-8-7-9-11-17/h7-11H,6,12-16H2,1-5H3. The van der Waals surface area contributed by atoms with Crippen molar-refractivity contribution in [2.24, 2.45) is 5.41 Å². The summed E-state index contributed by atoms with van der Waals surface area (Å²) in [4.78, 5) is 0. The van der Waals surface area contributed by atoms with Crippen LogP contribution in [0.4, 0.5) is 0 Å². The van der Waals surface area contributed by atoms with Gasteiger partial charge in [0.25, 0.3) is 0 Å². The molecule has 0 bridgehead atoms. The van der Waals surface area contributed by atoms with Gasteiger partial charge in [0.15, 0.2) is 8.32 Å². The van der Waals surface area contributed by atoms with Crippen LogP contribution in [-0.4, -0.2) is 28.1 Å². The molecule has 0 N–H and O–H groups in total. The van der Waals surface area contributed by atoms with Crippen LogP contribution in [0.5, 0.6) is 0 Å².